The van der Waals surface area contributed by atoms with Crippen LogP contribution in [0.4, 0.5) is 4.39 Å². The lowest BCUT2D eigenvalue weighted by Gasteiger charge is -2.05. The third-order valence-corrected chi connectivity index (χ3v) is 2.85. The van der Waals surface area contributed by atoms with E-state index in [1.807, 2.05) is 0 Å². The standard InChI is InChI=1S/C12H6Cl2F/c13-11-6-2-5-10(12(11)14)8-3-1-4-9(15)7-8/h1-3,5-7H. The van der Waals surface area contributed by atoms with Crippen LogP contribution in [0, 0.1) is 11.9 Å². The quantitative estimate of drug-likeness (QED) is 0.683. The van der Waals surface area contributed by atoms with Gasteiger partial charge in [0.05, 0.1) is 10.0 Å². The molecule has 3 heteroatoms. The fourth-order valence-electron chi connectivity index (χ4n) is 1.33. The van der Waals surface area contributed by atoms with Crippen LogP contribution in [0.3, 0.4) is 0 Å². The predicted molar refractivity (Wildman–Crippen MR) is 60.7 cm³/mol. The number of hydrogen-bond donors (Lipinski definition) is 0. The van der Waals surface area contributed by atoms with Crippen molar-refractivity contribution < 1.29 is 4.39 Å². The molecule has 0 nitrogen and oxygen atoms in total. The Balaban J connectivity index is 2.59. The zero-order valence-corrected chi connectivity index (χ0v) is 9.11. The Hall–Kier alpha value is -1.05. The summed E-state index contributed by atoms with van der Waals surface area (Å²) in [4.78, 5) is 0. The molecule has 0 aliphatic heterocycles. The highest BCUT2D eigenvalue weighted by molar-refractivity contribution is 6.43. The Morgan fingerprint density at radius 3 is 2.67 bits per heavy atom. The number of rotatable bonds is 1. The van der Waals surface area contributed by atoms with Crippen LogP contribution in [0.25, 0.3) is 11.1 Å². The lowest BCUT2D eigenvalue weighted by molar-refractivity contribution is 0.626. The summed E-state index contributed by atoms with van der Waals surface area (Å²) in [7, 11) is 0. The first-order chi connectivity index (χ1) is 7.18. The summed E-state index contributed by atoms with van der Waals surface area (Å²) in [6.45, 7) is 0. The molecule has 0 bridgehead atoms. The lowest BCUT2D eigenvalue weighted by atomic mass is 10.1. The van der Waals surface area contributed by atoms with E-state index in [0.717, 1.165) is 5.56 Å². The summed E-state index contributed by atoms with van der Waals surface area (Å²) in [6, 6.07) is 12.3. The maximum Gasteiger partial charge on any atom is 0.131 e. The Bertz CT molecular complexity index is 495. The van der Waals surface area contributed by atoms with Gasteiger partial charge in [0, 0.05) is 11.6 Å². The van der Waals surface area contributed by atoms with Gasteiger partial charge in [0.25, 0.3) is 0 Å². The van der Waals surface area contributed by atoms with Gasteiger partial charge in [-0.15, -0.1) is 0 Å². The van der Waals surface area contributed by atoms with Crippen LogP contribution in [0.5, 0.6) is 0 Å². The first kappa shape index (κ1) is 10.5. The summed E-state index contributed by atoms with van der Waals surface area (Å²) in [5, 5.41) is 0.896. The minimum absolute atomic E-state index is 0.413. The molecule has 0 saturated heterocycles. The minimum atomic E-state index is -0.413. The fraction of sp³-hybridized carbons (Fsp3) is 0. The van der Waals surface area contributed by atoms with Crippen molar-refractivity contribution in [3.63, 3.8) is 0 Å². The molecule has 0 atom stereocenters. The van der Waals surface area contributed by atoms with Crippen LogP contribution in [0.1, 0.15) is 0 Å². The second-order valence-corrected chi connectivity index (χ2v) is 3.81. The molecule has 75 valence electrons. The summed E-state index contributed by atoms with van der Waals surface area (Å²) < 4.78 is 13.0. The van der Waals surface area contributed by atoms with Crippen molar-refractivity contribution in [2.24, 2.45) is 0 Å². The molecule has 15 heavy (non-hydrogen) atoms. The third kappa shape index (κ3) is 2.14. The second kappa shape index (κ2) is 4.21. The van der Waals surface area contributed by atoms with E-state index in [-0.39, 0.29) is 0 Å². The highest BCUT2D eigenvalue weighted by Gasteiger charge is 2.06. The topological polar surface area (TPSA) is 0 Å². The molecule has 0 heterocycles. The molecular weight excluding hydrogens is 234 g/mol. The van der Waals surface area contributed by atoms with Gasteiger partial charge >= 0.3 is 0 Å². The van der Waals surface area contributed by atoms with Crippen LogP contribution >= 0.6 is 23.2 Å². The molecule has 0 aromatic heterocycles. The van der Waals surface area contributed by atoms with E-state index in [1.54, 1.807) is 24.3 Å². The van der Waals surface area contributed by atoms with Crippen molar-refractivity contribution in [1.82, 2.24) is 0 Å². The molecular formula is C12H6Cl2F. The van der Waals surface area contributed by atoms with Crippen LogP contribution in [-0.4, -0.2) is 0 Å². The number of hydrogen-bond acceptors (Lipinski definition) is 0. The smallest absolute Gasteiger partial charge is 0.131 e. The van der Waals surface area contributed by atoms with Crippen molar-refractivity contribution in [1.29, 1.82) is 0 Å². The maximum atomic E-state index is 13.0. The Morgan fingerprint density at radius 2 is 1.93 bits per heavy atom. The zero-order chi connectivity index (χ0) is 10.8. The molecule has 0 saturated carbocycles. The Kier molecular flexibility index (Phi) is 2.94. The van der Waals surface area contributed by atoms with Gasteiger partial charge in [0.2, 0.25) is 0 Å². The lowest BCUT2D eigenvalue weighted by Crippen LogP contribution is -1.82. The van der Waals surface area contributed by atoms with Crippen molar-refractivity contribution in [3.8, 4) is 11.1 Å². The van der Waals surface area contributed by atoms with E-state index in [2.05, 4.69) is 6.07 Å². The number of halogens is 3. The first-order valence-corrected chi connectivity index (χ1v) is 5.05. The van der Waals surface area contributed by atoms with Gasteiger partial charge < -0.3 is 0 Å². The molecule has 0 amide bonds. The molecule has 0 unspecified atom stereocenters. The van der Waals surface area contributed by atoms with Gasteiger partial charge in [-0.1, -0.05) is 47.5 Å². The van der Waals surface area contributed by atoms with Crippen molar-refractivity contribution in [2.45, 2.75) is 0 Å². The van der Waals surface area contributed by atoms with Crippen molar-refractivity contribution >= 4 is 23.2 Å². The van der Waals surface area contributed by atoms with E-state index >= 15 is 0 Å². The van der Waals surface area contributed by atoms with Crippen LogP contribution in [0.2, 0.25) is 10.0 Å². The summed E-state index contributed by atoms with van der Waals surface area (Å²) >= 11 is 11.9. The first-order valence-electron chi connectivity index (χ1n) is 4.30. The third-order valence-electron chi connectivity index (χ3n) is 2.03. The van der Waals surface area contributed by atoms with Crippen LogP contribution in [-0.2, 0) is 0 Å². The van der Waals surface area contributed by atoms with Crippen molar-refractivity contribution in [2.75, 3.05) is 0 Å². The average molecular weight is 240 g/mol. The zero-order valence-electron chi connectivity index (χ0n) is 7.60. The maximum absolute atomic E-state index is 13.0. The molecule has 0 aliphatic carbocycles. The van der Waals surface area contributed by atoms with Crippen molar-refractivity contribution in [3.05, 3.63) is 58.3 Å². The molecule has 2 aromatic carbocycles. The second-order valence-electron chi connectivity index (χ2n) is 3.03. The van der Waals surface area contributed by atoms with E-state index in [1.165, 1.54) is 12.1 Å². The molecule has 0 fully saturated rings. The monoisotopic (exact) mass is 239 g/mol. The predicted octanol–water partition coefficient (Wildman–Crippen LogP) is 4.60. The highest BCUT2D eigenvalue weighted by Crippen LogP contribution is 2.33. The van der Waals surface area contributed by atoms with Gasteiger partial charge in [-0.25, -0.2) is 4.39 Å². The summed E-state index contributed by atoms with van der Waals surface area (Å²) in [6.07, 6.45) is 0. The average Bonchev–Trinajstić information content (AvgIpc) is 2.22. The molecule has 0 aliphatic rings. The molecule has 1 radical (unpaired) electrons. The van der Waals surface area contributed by atoms with Gasteiger partial charge in [0.1, 0.15) is 5.82 Å². The minimum Gasteiger partial charge on any atom is -0.206 e. The van der Waals surface area contributed by atoms with E-state index in [9.17, 15) is 4.39 Å². The molecule has 2 aromatic rings. The van der Waals surface area contributed by atoms with Gasteiger partial charge in [-0.2, -0.15) is 0 Å². The fourth-order valence-corrected chi connectivity index (χ4v) is 1.74. The van der Waals surface area contributed by atoms with Gasteiger partial charge in [0.15, 0.2) is 0 Å². The van der Waals surface area contributed by atoms with Gasteiger partial charge in [-0.05, 0) is 17.7 Å². The highest BCUT2D eigenvalue weighted by atomic mass is 35.5. The van der Waals surface area contributed by atoms with E-state index in [4.69, 9.17) is 23.2 Å². The normalized spacial score (nSPS) is 10.3. The summed E-state index contributed by atoms with van der Waals surface area (Å²) in [5.41, 5.74) is 1.41. The molecule has 2 rings (SSSR count). The largest absolute Gasteiger partial charge is 0.206 e. The molecule has 0 spiro atoms. The van der Waals surface area contributed by atoms with Crippen LogP contribution in [0.15, 0.2) is 36.4 Å². The molecule has 0 N–H and O–H groups in total. The Morgan fingerprint density at radius 1 is 1.13 bits per heavy atom. The number of benzene rings is 2. The van der Waals surface area contributed by atoms with Gasteiger partial charge in [-0.3, -0.25) is 0 Å². The summed E-state index contributed by atoms with van der Waals surface area (Å²) in [5.74, 6) is -0.413. The van der Waals surface area contributed by atoms with E-state index < -0.39 is 5.82 Å². The Labute approximate surface area is 97.3 Å². The van der Waals surface area contributed by atoms with Crippen LogP contribution < -0.4 is 0 Å². The van der Waals surface area contributed by atoms with E-state index in [0.29, 0.717) is 15.6 Å². The SMILES string of the molecule is Fc1[c]ccc(-c2cccc(Cl)c2Cl)c1.